The minimum absolute atomic E-state index is 0.0437. The molecule has 35 heavy (non-hydrogen) atoms. The van der Waals surface area contributed by atoms with Gasteiger partial charge in [0.2, 0.25) is 5.91 Å². The summed E-state index contributed by atoms with van der Waals surface area (Å²) >= 11 is 6.14. The molecule has 3 aromatic rings. The first-order valence-electron chi connectivity index (χ1n) is 11.8. The normalized spacial score (nSPS) is 15.7. The zero-order chi connectivity index (χ0) is 25.1. The Kier molecular flexibility index (Phi) is 7.37. The third-order valence-electron chi connectivity index (χ3n) is 6.48. The lowest BCUT2D eigenvalue weighted by Crippen LogP contribution is -2.46. The van der Waals surface area contributed by atoms with Crippen LogP contribution in [0.5, 0.6) is 0 Å². The van der Waals surface area contributed by atoms with Crippen molar-refractivity contribution in [2.45, 2.75) is 45.6 Å². The average molecular weight is 489 g/mol. The molecule has 1 aliphatic heterocycles. The fourth-order valence-electron chi connectivity index (χ4n) is 4.45. The zero-order valence-electron chi connectivity index (χ0n) is 20.2. The predicted octanol–water partition coefficient (Wildman–Crippen LogP) is 5.79. The van der Waals surface area contributed by atoms with E-state index in [0.29, 0.717) is 28.6 Å². The second-order valence-electron chi connectivity index (χ2n) is 9.23. The summed E-state index contributed by atoms with van der Waals surface area (Å²) in [5.41, 5.74) is 3.96. The highest BCUT2D eigenvalue weighted by Crippen LogP contribution is 2.29. The molecule has 0 N–H and O–H groups in total. The Morgan fingerprint density at radius 2 is 1.74 bits per heavy atom. The van der Waals surface area contributed by atoms with Gasteiger partial charge in [-0.15, -0.1) is 0 Å². The van der Waals surface area contributed by atoms with Gasteiger partial charge in [0.1, 0.15) is 6.04 Å². The van der Waals surface area contributed by atoms with Crippen LogP contribution in [0.2, 0.25) is 5.02 Å². The topological polar surface area (TPSA) is 57.7 Å². The van der Waals surface area contributed by atoms with Crippen molar-refractivity contribution < 1.29 is 14.4 Å². The first-order chi connectivity index (χ1) is 16.8. The van der Waals surface area contributed by atoms with Crippen LogP contribution in [0.1, 0.15) is 53.2 Å². The number of hydrogen-bond donors (Lipinski definition) is 0. The molecule has 1 unspecified atom stereocenters. The number of imide groups is 1. The van der Waals surface area contributed by atoms with Crippen LogP contribution >= 0.6 is 11.6 Å². The quantitative estimate of drug-likeness (QED) is 0.395. The first-order valence-corrected chi connectivity index (χ1v) is 12.2. The lowest BCUT2D eigenvalue weighted by molar-refractivity contribution is -0.122. The molecule has 6 heteroatoms. The van der Waals surface area contributed by atoms with Gasteiger partial charge >= 0.3 is 0 Å². The average Bonchev–Trinajstić information content (AvgIpc) is 3.13. The van der Waals surface area contributed by atoms with E-state index >= 15 is 0 Å². The lowest BCUT2D eigenvalue weighted by Gasteiger charge is -2.28. The van der Waals surface area contributed by atoms with E-state index in [4.69, 9.17) is 11.6 Å². The molecule has 0 bridgehead atoms. The number of amides is 3. The second kappa shape index (κ2) is 10.4. The maximum atomic E-state index is 13.7. The Balaban J connectivity index is 1.64. The summed E-state index contributed by atoms with van der Waals surface area (Å²) < 4.78 is 0. The van der Waals surface area contributed by atoms with E-state index in [9.17, 15) is 14.4 Å². The predicted molar refractivity (Wildman–Crippen MR) is 139 cm³/mol. The smallest absolute Gasteiger partial charge is 0.257 e. The molecule has 1 saturated heterocycles. The molecule has 4 rings (SSSR count). The van der Waals surface area contributed by atoms with Gasteiger partial charge in [-0.2, -0.15) is 0 Å². The minimum Gasteiger partial charge on any atom is -0.326 e. The number of carbonyl (C=O) groups is 3. The molecule has 1 heterocycles. The Labute approximate surface area is 211 Å². The summed E-state index contributed by atoms with van der Waals surface area (Å²) in [4.78, 5) is 43.0. The van der Waals surface area contributed by atoms with E-state index < -0.39 is 6.04 Å². The summed E-state index contributed by atoms with van der Waals surface area (Å²) in [5, 5.41) is 0.613. The number of rotatable bonds is 7. The van der Waals surface area contributed by atoms with Gasteiger partial charge in [0, 0.05) is 17.1 Å². The van der Waals surface area contributed by atoms with Crippen molar-refractivity contribution in [3.8, 4) is 0 Å². The summed E-state index contributed by atoms with van der Waals surface area (Å²) in [7, 11) is 0. The van der Waals surface area contributed by atoms with Gasteiger partial charge in [-0.25, -0.2) is 4.90 Å². The van der Waals surface area contributed by atoms with Crippen molar-refractivity contribution >= 4 is 35.0 Å². The number of carbonyl (C=O) groups excluding carboxylic acids is 3. The van der Waals surface area contributed by atoms with Crippen LogP contribution in [0.3, 0.4) is 0 Å². The van der Waals surface area contributed by atoms with Crippen molar-refractivity contribution in [3.63, 3.8) is 0 Å². The van der Waals surface area contributed by atoms with Gasteiger partial charge in [-0.05, 0) is 66.3 Å². The third-order valence-corrected chi connectivity index (χ3v) is 6.72. The number of hydrogen-bond acceptors (Lipinski definition) is 3. The van der Waals surface area contributed by atoms with E-state index in [2.05, 4.69) is 13.8 Å². The van der Waals surface area contributed by atoms with Gasteiger partial charge in [0.15, 0.2) is 0 Å². The van der Waals surface area contributed by atoms with E-state index in [0.717, 1.165) is 16.7 Å². The number of benzene rings is 3. The third kappa shape index (κ3) is 5.30. The summed E-state index contributed by atoms with van der Waals surface area (Å²) in [6, 6.07) is 21.3. The largest absolute Gasteiger partial charge is 0.326 e. The Morgan fingerprint density at radius 1 is 1.03 bits per heavy atom. The van der Waals surface area contributed by atoms with E-state index in [1.165, 1.54) is 4.90 Å². The molecule has 0 aliphatic carbocycles. The summed E-state index contributed by atoms with van der Waals surface area (Å²) in [5.74, 6) is -0.591. The molecule has 0 radical (unpaired) electrons. The monoisotopic (exact) mass is 488 g/mol. The van der Waals surface area contributed by atoms with Gasteiger partial charge < -0.3 is 4.90 Å². The molecule has 0 aromatic heterocycles. The summed E-state index contributed by atoms with van der Waals surface area (Å²) in [6.45, 7) is 6.34. The maximum Gasteiger partial charge on any atom is 0.257 e. The zero-order valence-corrected chi connectivity index (χ0v) is 21.0. The van der Waals surface area contributed by atoms with Crippen LogP contribution in [0.4, 0.5) is 5.69 Å². The van der Waals surface area contributed by atoms with Crippen LogP contribution in [0.15, 0.2) is 72.8 Å². The van der Waals surface area contributed by atoms with Crippen LogP contribution in [-0.4, -0.2) is 35.2 Å². The van der Waals surface area contributed by atoms with E-state index in [1.807, 2.05) is 49.4 Å². The van der Waals surface area contributed by atoms with Crippen molar-refractivity contribution in [1.29, 1.82) is 0 Å². The second-order valence-corrected chi connectivity index (χ2v) is 9.66. The molecule has 3 amide bonds. The highest BCUT2D eigenvalue weighted by molar-refractivity contribution is 6.30. The van der Waals surface area contributed by atoms with Gasteiger partial charge in [0.25, 0.3) is 11.8 Å². The molecular formula is C29H29ClN2O3. The Hall–Kier alpha value is -3.44. The van der Waals surface area contributed by atoms with Gasteiger partial charge in [-0.1, -0.05) is 67.9 Å². The SMILES string of the molecule is Cc1ccccc1C(=O)N(CCc1cccc(Cl)c1)C1CC(=O)N(c2ccc(C(C)C)cc2)C1=O. The molecular weight excluding hydrogens is 460 g/mol. The summed E-state index contributed by atoms with van der Waals surface area (Å²) in [6.07, 6.45) is 0.469. The van der Waals surface area contributed by atoms with Crippen molar-refractivity contribution in [1.82, 2.24) is 4.90 Å². The fraction of sp³-hybridized carbons (Fsp3) is 0.276. The highest BCUT2D eigenvalue weighted by Gasteiger charge is 2.44. The molecule has 0 spiro atoms. The number of aryl methyl sites for hydroxylation is 1. The molecule has 1 fully saturated rings. The highest BCUT2D eigenvalue weighted by atomic mass is 35.5. The molecule has 1 atom stereocenters. The fourth-order valence-corrected chi connectivity index (χ4v) is 4.66. The lowest BCUT2D eigenvalue weighted by atomic mass is 10.0. The van der Waals surface area contributed by atoms with Gasteiger partial charge in [-0.3, -0.25) is 14.4 Å². The van der Waals surface area contributed by atoms with Gasteiger partial charge in [0.05, 0.1) is 12.1 Å². The Bertz CT molecular complexity index is 1250. The molecule has 180 valence electrons. The van der Waals surface area contributed by atoms with Crippen LogP contribution < -0.4 is 4.90 Å². The number of nitrogens with zero attached hydrogens (tertiary/aromatic N) is 2. The molecule has 3 aromatic carbocycles. The van der Waals surface area contributed by atoms with Crippen LogP contribution in [0.25, 0.3) is 0 Å². The number of halogens is 1. The first kappa shape index (κ1) is 24.7. The Morgan fingerprint density at radius 3 is 2.40 bits per heavy atom. The van der Waals surface area contributed by atoms with E-state index in [-0.39, 0.29) is 30.7 Å². The minimum atomic E-state index is -0.862. The van der Waals surface area contributed by atoms with E-state index in [1.54, 1.807) is 35.2 Å². The van der Waals surface area contributed by atoms with Crippen LogP contribution in [0, 0.1) is 6.92 Å². The van der Waals surface area contributed by atoms with Crippen LogP contribution in [-0.2, 0) is 16.0 Å². The number of anilines is 1. The molecule has 0 saturated carbocycles. The molecule has 1 aliphatic rings. The van der Waals surface area contributed by atoms with Crippen molar-refractivity contribution in [2.75, 3.05) is 11.4 Å². The standard InChI is InChI=1S/C29H29ClN2O3/c1-19(2)22-11-13-24(14-12-22)32-27(33)18-26(29(32)35)31(16-15-21-8-6-9-23(30)17-21)28(34)25-10-5-4-7-20(25)3/h4-14,17,19,26H,15-16,18H2,1-3H3. The van der Waals surface area contributed by atoms with Crippen molar-refractivity contribution in [3.05, 3.63) is 100 Å². The van der Waals surface area contributed by atoms with Crippen molar-refractivity contribution in [2.24, 2.45) is 0 Å². The maximum absolute atomic E-state index is 13.7. The molecule has 5 nitrogen and oxygen atoms in total.